The summed E-state index contributed by atoms with van der Waals surface area (Å²) in [6, 6.07) is 26.9. The molecule has 0 saturated carbocycles. The molecule has 0 radical (unpaired) electrons. The van der Waals surface area contributed by atoms with Gasteiger partial charge in [0.25, 0.3) is 5.91 Å². The van der Waals surface area contributed by atoms with Gasteiger partial charge in [0.1, 0.15) is 6.54 Å². The molecule has 3 aromatic carbocycles. The maximum Gasteiger partial charge on any atom is 0.361 e. The SMILES string of the molecule is CCOC(=O)C[NH+](Cc1ccccc1)C(C(=O)Nc1ccc(C(C)C)cc1)c1ccccc1. The molecule has 172 valence electrons. The monoisotopic (exact) mass is 445 g/mol. The van der Waals surface area contributed by atoms with E-state index in [4.69, 9.17) is 4.74 Å². The second-order valence-electron chi connectivity index (χ2n) is 8.41. The number of carbonyl (C=O) groups is 2. The molecule has 0 spiro atoms. The standard InChI is InChI=1S/C28H32N2O3/c1-4-33-26(31)20-30(19-22-11-7-5-8-12-22)27(24-13-9-6-10-14-24)28(32)29-25-17-15-23(16-18-25)21(2)3/h5-18,21,27H,4,19-20H2,1-3H3,(H,29,32)/p+1. The lowest BCUT2D eigenvalue weighted by molar-refractivity contribution is -0.928. The van der Waals surface area contributed by atoms with Gasteiger partial charge in [-0.25, -0.2) is 4.79 Å². The van der Waals surface area contributed by atoms with E-state index in [1.807, 2.05) is 84.9 Å². The first-order valence-electron chi connectivity index (χ1n) is 11.5. The first kappa shape index (κ1) is 24.2. The summed E-state index contributed by atoms with van der Waals surface area (Å²) in [7, 11) is 0. The molecule has 0 fully saturated rings. The van der Waals surface area contributed by atoms with Crippen LogP contribution in [0.3, 0.4) is 0 Å². The van der Waals surface area contributed by atoms with E-state index in [1.54, 1.807) is 6.92 Å². The van der Waals surface area contributed by atoms with Crippen molar-refractivity contribution in [3.63, 3.8) is 0 Å². The van der Waals surface area contributed by atoms with Gasteiger partial charge in [-0.05, 0) is 30.5 Å². The molecule has 5 heteroatoms. The minimum atomic E-state index is -0.583. The smallest absolute Gasteiger partial charge is 0.361 e. The number of hydrogen-bond acceptors (Lipinski definition) is 3. The zero-order valence-electron chi connectivity index (χ0n) is 19.6. The highest BCUT2D eigenvalue weighted by Gasteiger charge is 2.33. The molecule has 3 aromatic rings. The van der Waals surface area contributed by atoms with Gasteiger partial charge in [-0.1, -0.05) is 86.6 Å². The van der Waals surface area contributed by atoms with Crippen molar-refractivity contribution in [2.24, 2.45) is 0 Å². The Hall–Kier alpha value is -3.44. The molecule has 0 saturated heterocycles. The summed E-state index contributed by atoms with van der Waals surface area (Å²) in [6.45, 7) is 6.97. The first-order chi connectivity index (χ1) is 16.0. The van der Waals surface area contributed by atoms with Crippen molar-refractivity contribution in [1.29, 1.82) is 0 Å². The van der Waals surface area contributed by atoms with Crippen molar-refractivity contribution in [2.75, 3.05) is 18.5 Å². The summed E-state index contributed by atoms with van der Waals surface area (Å²) in [6.07, 6.45) is 0. The Balaban J connectivity index is 1.92. The van der Waals surface area contributed by atoms with E-state index in [2.05, 4.69) is 19.2 Å². The molecule has 0 aliphatic carbocycles. The fraction of sp³-hybridized carbons (Fsp3) is 0.286. The Morgan fingerprint density at radius 2 is 1.45 bits per heavy atom. The van der Waals surface area contributed by atoms with Gasteiger partial charge in [0.05, 0.1) is 6.61 Å². The number of hydrogen-bond donors (Lipinski definition) is 2. The number of benzene rings is 3. The summed E-state index contributed by atoms with van der Waals surface area (Å²) in [5, 5.41) is 3.07. The second kappa shape index (κ2) is 12.0. The average Bonchev–Trinajstić information content (AvgIpc) is 2.81. The molecule has 5 nitrogen and oxygen atoms in total. The Labute approximate surface area is 196 Å². The van der Waals surface area contributed by atoms with Crippen LogP contribution in [0.5, 0.6) is 0 Å². The average molecular weight is 446 g/mol. The number of amides is 1. The fourth-order valence-electron chi connectivity index (χ4n) is 3.91. The van der Waals surface area contributed by atoms with E-state index in [0.717, 1.165) is 21.7 Å². The van der Waals surface area contributed by atoms with Crippen LogP contribution in [0.4, 0.5) is 5.69 Å². The Morgan fingerprint density at radius 1 is 0.848 bits per heavy atom. The fourth-order valence-corrected chi connectivity index (χ4v) is 3.91. The van der Waals surface area contributed by atoms with Gasteiger partial charge in [-0.15, -0.1) is 0 Å². The molecular weight excluding hydrogens is 412 g/mol. The zero-order chi connectivity index (χ0) is 23.6. The van der Waals surface area contributed by atoms with E-state index < -0.39 is 6.04 Å². The normalized spacial score (nSPS) is 12.7. The summed E-state index contributed by atoms with van der Waals surface area (Å²) in [4.78, 5) is 26.9. The molecule has 3 rings (SSSR count). The van der Waals surface area contributed by atoms with Crippen molar-refractivity contribution >= 4 is 17.6 Å². The van der Waals surface area contributed by atoms with Crippen LogP contribution in [-0.2, 0) is 20.9 Å². The molecule has 2 N–H and O–H groups in total. The molecular formula is C28H33N2O3+. The largest absolute Gasteiger partial charge is 0.462 e. The van der Waals surface area contributed by atoms with Crippen LogP contribution in [0.2, 0.25) is 0 Å². The Bertz CT molecular complexity index is 1020. The highest BCUT2D eigenvalue weighted by atomic mass is 16.5. The van der Waals surface area contributed by atoms with Crippen molar-refractivity contribution in [1.82, 2.24) is 0 Å². The van der Waals surface area contributed by atoms with E-state index in [1.165, 1.54) is 5.56 Å². The maximum atomic E-state index is 13.6. The van der Waals surface area contributed by atoms with Crippen molar-refractivity contribution in [3.05, 3.63) is 102 Å². The number of ether oxygens (including phenoxy) is 1. The number of carbonyl (C=O) groups excluding carboxylic acids is 2. The van der Waals surface area contributed by atoms with Crippen molar-refractivity contribution in [3.8, 4) is 0 Å². The van der Waals surface area contributed by atoms with Crippen LogP contribution in [0.15, 0.2) is 84.9 Å². The predicted molar refractivity (Wildman–Crippen MR) is 131 cm³/mol. The van der Waals surface area contributed by atoms with Crippen LogP contribution in [-0.4, -0.2) is 25.0 Å². The summed E-state index contributed by atoms with van der Waals surface area (Å²) in [5.74, 6) is -0.0608. The van der Waals surface area contributed by atoms with E-state index in [0.29, 0.717) is 19.1 Å². The highest BCUT2D eigenvalue weighted by Crippen LogP contribution is 2.19. The number of anilines is 1. The molecule has 2 unspecified atom stereocenters. The van der Waals surface area contributed by atoms with Gasteiger partial charge in [-0.2, -0.15) is 0 Å². The molecule has 2 atom stereocenters. The second-order valence-corrected chi connectivity index (χ2v) is 8.41. The Kier molecular flexibility index (Phi) is 8.79. The minimum absolute atomic E-state index is 0.0853. The van der Waals surface area contributed by atoms with Crippen LogP contribution < -0.4 is 10.2 Å². The van der Waals surface area contributed by atoms with Crippen molar-refractivity contribution < 1.29 is 19.2 Å². The number of nitrogens with one attached hydrogen (secondary N) is 2. The Morgan fingerprint density at radius 3 is 2.03 bits per heavy atom. The quantitative estimate of drug-likeness (QED) is 0.461. The van der Waals surface area contributed by atoms with Gasteiger partial charge < -0.3 is 15.0 Å². The number of quaternary nitrogens is 1. The summed E-state index contributed by atoms with van der Waals surface area (Å²) < 4.78 is 5.24. The molecule has 33 heavy (non-hydrogen) atoms. The van der Waals surface area contributed by atoms with Gasteiger partial charge >= 0.3 is 5.97 Å². The lowest BCUT2D eigenvalue weighted by atomic mass is 10.0. The predicted octanol–water partition coefficient (Wildman–Crippen LogP) is 4.14. The maximum absolute atomic E-state index is 13.6. The summed E-state index contributed by atoms with van der Waals surface area (Å²) in [5.41, 5.74) is 3.85. The van der Waals surface area contributed by atoms with Crippen LogP contribution in [0.25, 0.3) is 0 Å². The van der Waals surface area contributed by atoms with Gasteiger partial charge in [-0.3, -0.25) is 4.79 Å². The zero-order valence-corrected chi connectivity index (χ0v) is 19.6. The van der Waals surface area contributed by atoms with Crippen LogP contribution >= 0.6 is 0 Å². The number of rotatable bonds is 10. The van der Waals surface area contributed by atoms with E-state index in [9.17, 15) is 9.59 Å². The molecule has 0 bridgehead atoms. The third kappa shape index (κ3) is 7.02. The van der Waals surface area contributed by atoms with E-state index in [-0.39, 0.29) is 18.4 Å². The molecule has 0 aliphatic rings. The molecule has 0 heterocycles. The minimum Gasteiger partial charge on any atom is -0.462 e. The summed E-state index contributed by atoms with van der Waals surface area (Å²) >= 11 is 0. The van der Waals surface area contributed by atoms with Crippen LogP contribution in [0, 0.1) is 0 Å². The van der Waals surface area contributed by atoms with Crippen LogP contribution in [0.1, 0.15) is 49.4 Å². The van der Waals surface area contributed by atoms with Gasteiger partial charge in [0.2, 0.25) is 0 Å². The lowest BCUT2D eigenvalue weighted by Crippen LogP contribution is -3.13. The van der Waals surface area contributed by atoms with Gasteiger partial charge in [0.15, 0.2) is 12.6 Å². The molecule has 0 aromatic heterocycles. The topological polar surface area (TPSA) is 59.8 Å². The highest BCUT2D eigenvalue weighted by molar-refractivity contribution is 5.94. The third-order valence-corrected chi connectivity index (χ3v) is 5.60. The lowest BCUT2D eigenvalue weighted by Gasteiger charge is -2.27. The molecule has 1 amide bonds. The molecule has 0 aliphatic heterocycles. The van der Waals surface area contributed by atoms with Crippen molar-refractivity contribution in [2.45, 2.75) is 39.3 Å². The third-order valence-electron chi connectivity index (χ3n) is 5.60. The number of esters is 1. The first-order valence-corrected chi connectivity index (χ1v) is 11.5. The van der Waals surface area contributed by atoms with E-state index >= 15 is 0 Å². The van der Waals surface area contributed by atoms with Gasteiger partial charge in [0, 0.05) is 16.8 Å².